The zero-order valence-corrected chi connectivity index (χ0v) is 9.51. The molecule has 0 bridgehead atoms. The van der Waals surface area contributed by atoms with Crippen molar-refractivity contribution in [2.45, 2.75) is 38.1 Å². The summed E-state index contributed by atoms with van der Waals surface area (Å²) in [4.78, 5) is 0. The van der Waals surface area contributed by atoms with Crippen molar-refractivity contribution >= 4 is 0 Å². The van der Waals surface area contributed by atoms with Gasteiger partial charge in [-0.2, -0.15) is 0 Å². The van der Waals surface area contributed by atoms with Crippen LogP contribution in [0.3, 0.4) is 0 Å². The van der Waals surface area contributed by atoms with E-state index in [2.05, 4.69) is 12.2 Å². The molecule has 14 heavy (non-hydrogen) atoms. The molecule has 0 aromatic heterocycles. The predicted molar refractivity (Wildman–Crippen MR) is 59.3 cm³/mol. The lowest BCUT2D eigenvalue weighted by Gasteiger charge is -2.40. The van der Waals surface area contributed by atoms with E-state index in [1.165, 1.54) is 25.7 Å². The minimum atomic E-state index is 0.191. The fourth-order valence-electron chi connectivity index (χ4n) is 2.50. The lowest BCUT2D eigenvalue weighted by molar-refractivity contribution is 0.154. The van der Waals surface area contributed by atoms with Crippen molar-refractivity contribution in [3.8, 4) is 0 Å². The summed E-state index contributed by atoms with van der Waals surface area (Å²) in [5.74, 6) is 0.808. The van der Waals surface area contributed by atoms with Crippen LogP contribution in [-0.4, -0.2) is 32.3 Å². The SMILES string of the molecule is COCCNC1(CN)CCCC(C)C1. The van der Waals surface area contributed by atoms with Gasteiger partial charge in [-0.15, -0.1) is 0 Å². The van der Waals surface area contributed by atoms with Crippen molar-refractivity contribution in [3.05, 3.63) is 0 Å². The van der Waals surface area contributed by atoms with Crippen molar-refractivity contribution in [2.75, 3.05) is 26.8 Å². The molecule has 3 N–H and O–H groups in total. The number of hydrogen-bond acceptors (Lipinski definition) is 3. The van der Waals surface area contributed by atoms with Gasteiger partial charge in [-0.05, 0) is 18.8 Å². The van der Waals surface area contributed by atoms with Crippen molar-refractivity contribution in [1.82, 2.24) is 5.32 Å². The molecule has 0 spiro atoms. The van der Waals surface area contributed by atoms with Crippen LogP contribution in [0.2, 0.25) is 0 Å². The van der Waals surface area contributed by atoms with Gasteiger partial charge in [-0.3, -0.25) is 0 Å². The molecule has 0 radical (unpaired) electrons. The molecule has 1 aliphatic carbocycles. The van der Waals surface area contributed by atoms with Crippen LogP contribution < -0.4 is 11.1 Å². The summed E-state index contributed by atoms with van der Waals surface area (Å²) >= 11 is 0. The largest absolute Gasteiger partial charge is 0.383 e. The fraction of sp³-hybridized carbons (Fsp3) is 1.00. The highest BCUT2D eigenvalue weighted by Crippen LogP contribution is 2.31. The highest BCUT2D eigenvalue weighted by molar-refractivity contribution is 4.93. The van der Waals surface area contributed by atoms with Crippen molar-refractivity contribution < 1.29 is 4.74 Å². The third-order valence-electron chi connectivity index (χ3n) is 3.29. The Morgan fingerprint density at radius 1 is 1.57 bits per heavy atom. The van der Waals surface area contributed by atoms with Crippen LogP contribution in [0.25, 0.3) is 0 Å². The molecule has 3 heteroatoms. The summed E-state index contributed by atoms with van der Waals surface area (Å²) in [6.45, 7) is 4.76. The first-order valence-electron chi connectivity index (χ1n) is 5.66. The zero-order valence-electron chi connectivity index (χ0n) is 9.51. The molecule has 0 aromatic carbocycles. The van der Waals surface area contributed by atoms with E-state index in [1.807, 2.05) is 0 Å². The van der Waals surface area contributed by atoms with E-state index >= 15 is 0 Å². The van der Waals surface area contributed by atoms with Gasteiger partial charge in [0.1, 0.15) is 0 Å². The average molecular weight is 200 g/mol. The van der Waals surface area contributed by atoms with Gasteiger partial charge in [0.2, 0.25) is 0 Å². The van der Waals surface area contributed by atoms with Crippen LogP contribution >= 0.6 is 0 Å². The lowest BCUT2D eigenvalue weighted by Crippen LogP contribution is -2.54. The predicted octanol–water partition coefficient (Wildman–Crippen LogP) is 1.13. The molecule has 1 rings (SSSR count). The summed E-state index contributed by atoms with van der Waals surface area (Å²) in [5, 5.41) is 3.57. The third-order valence-corrected chi connectivity index (χ3v) is 3.29. The average Bonchev–Trinajstić information content (AvgIpc) is 2.18. The van der Waals surface area contributed by atoms with Crippen LogP contribution in [-0.2, 0) is 4.74 Å². The maximum Gasteiger partial charge on any atom is 0.0587 e. The lowest BCUT2D eigenvalue weighted by atomic mass is 9.76. The van der Waals surface area contributed by atoms with Crippen LogP contribution in [0.4, 0.5) is 0 Å². The van der Waals surface area contributed by atoms with Gasteiger partial charge in [-0.1, -0.05) is 19.8 Å². The first-order chi connectivity index (χ1) is 6.72. The van der Waals surface area contributed by atoms with Crippen molar-refractivity contribution in [3.63, 3.8) is 0 Å². The number of nitrogens with two attached hydrogens (primary N) is 1. The Hall–Kier alpha value is -0.120. The Bertz CT molecular complexity index is 163. The summed E-state index contributed by atoms with van der Waals surface area (Å²) < 4.78 is 5.05. The van der Waals surface area contributed by atoms with E-state index in [-0.39, 0.29) is 5.54 Å². The molecule has 1 fully saturated rings. The summed E-state index contributed by atoms with van der Waals surface area (Å²) in [6, 6.07) is 0. The molecule has 0 saturated heterocycles. The normalized spacial score (nSPS) is 33.2. The monoisotopic (exact) mass is 200 g/mol. The van der Waals surface area contributed by atoms with E-state index in [0.717, 1.165) is 25.6 Å². The third kappa shape index (κ3) is 3.23. The first-order valence-corrected chi connectivity index (χ1v) is 5.66. The van der Waals surface area contributed by atoms with Gasteiger partial charge in [-0.25, -0.2) is 0 Å². The van der Waals surface area contributed by atoms with Crippen LogP contribution in [0.5, 0.6) is 0 Å². The summed E-state index contributed by atoms with van der Waals surface area (Å²) in [6.07, 6.45) is 5.09. The Morgan fingerprint density at radius 2 is 2.36 bits per heavy atom. The molecule has 3 nitrogen and oxygen atoms in total. The van der Waals surface area contributed by atoms with Gasteiger partial charge in [0, 0.05) is 25.7 Å². The Morgan fingerprint density at radius 3 is 2.93 bits per heavy atom. The fourth-order valence-corrected chi connectivity index (χ4v) is 2.50. The number of ether oxygens (including phenoxy) is 1. The van der Waals surface area contributed by atoms with E-state index in [0.29, 0.717) is 0 Å². The summed E-state index contributed by atoms with van der Waals surface area (Å²) in [7, 11) is 1.74. The number of methoxy groups -OCH3 is 1. The van der Waals surface area contributed by atoms with Gasteiger partial charge in [0.25, 0.3) is 0 Å². The highest BCUT2D eigenvalue weighted by Gasteiger charge is 2.32. The second-order valence-corrected chi connectivity index (χ2v) is 4.61. The van der Waals surface area contributed by atoms with Crippen molar-refractivity contribution in [1.29, 1.82) is 0 Å². The molecule has 2 atom stereocenters. The Labute approximate surface area is 87.4 Å². The quantitative estimate of drug-likeness (QED) is 0.654. The van der Waals surface area contributed by atoms with Gasteiger partial charge in [0.15, 0.2) is 0 Å². The molecule has 0 amide bonds. The van der Waals surface area contributed by atoms with Gasteiger partial charge in [0.05, 0.1) is 6.61 Å². The molecule has 0 aromatic rings. The second kappa shape index (κ2) is 5.69. The molecular formula is C11H24N2O. The van der Waals surface area contributed by atoms with E-state index in [4.69, 9.17) is 10.5 Å². The zero-order chi connectivity index (χ0) is 10.4. The van der Waals surface area contributed by atoms with Gasteiger partial charge < -0.3 is 15.8 Å². The molecule has 0 aliphatic heterocycles. The number of rotatable bonds is 5. The van der Waals surface area contributed by atoms with Crippen LogP contribution in [0, 0.1) is 5.92 Å². The standard InChI is InChI=1S/C11H24N2O/c1-10-4-3-5-11(8-10,9-12)13-6-7-14-2/h10,13H,3-9,12H2,1-2H3. The molecule has 1 aliphatic rings. The molecular weight excluding hydrogens is 176 g/mol. The number of nitrogens with one attached hydrogen (secondary N) is 1. The first kappa shape index (κ1) is 12.0. The van der Waals surface area contributed by atoms with Gasteiger partial charge >= 0.3 is 0 Å². The molecule has 84 valence electrons. The Kier molecular flexibility index (Phi) is 4.85. The minimum absolute atomic E-state index is 0.191. The topological polar surface area (TPSA) is 47.3 Å². The van der Waals surface area contributed by atoms with E-state index in [9.17, 15) is 0 Å². The van der Waals surface area contributed by atoms with E-state index < -0.39 is 0 Å². The molecule has 2 unspecified atom stereocenters. The number of hydrogen-bond donors (Lipinski definition) is 2. The van der Waals surface area contributed by atoms with Crippen LogP contribution in [0.1, 0.15) is 32.6 Å². The molecule has 1 saturated carbocycles. The summed E-state index contributed by atoms with van der Waals surface area (Å²) in [5.41, 5.74) is 6.07. The second-order valence-electron chi connectivity index (χ2n) is 4.61. The van der Waals surface area contributed by atoms with Crippen molar-refractivity contribution in [2.24, 2.45) is 11.7 Å². The Balaban J connectivity index is 2.39. The maximum atomic E-state index is 5.88. The maximum absolute atomic E-state index is 5.88. The minimum Gasteiger partial charge on any atom is -0.383 e. The highest BCUT2D eigenvalue weighted by atomic mass is 16.5. The van der Waals surface area contributed by atoms with E-state index in [1.54, 1.807) is 7.11 Å². The van der Waals surface area contributed by atoms with Crippen LogP contribution in [0.15, 0.2) is 0 Å². The smallest absolute Gasteiger partial charge is 0.0587 e. The molecule has 0 heterocycles.